The van der Waals surface area contributed by atoms with E-state index in [4.69, 9.17) is 15.0 Å². The summed E-state index contributed by atoms with van der Waals surface area (Å²) in [6, 6.07) is 8.09. The lowest BCUT2D eigenvalue weighted by Crippen LogP contribution is -2.46. The third-order valence-corrected chi connectivity index (χ3v) is 7.34. The predicted molar refractivity (Wildman–Crippen MR) is 150 cm³/mol. The minimum absolute atomic E-state index is 0.0663. The van der Waals surface area contributed by atoms with Crippen LogP contribution in [-0.2, 0) is 27.3 Å². The van der Waals surface area contributed by atoms with Crippen LogP contribution in [0, 0.1) is 5.92 Å². The Morgan fingerprint density at radius 3 is 2.41 bits per heavy atom. The van der Waals surface area contributed by atoms with E-state index in [0.717, 1.165) is 57.1 Å². The summed E-state index contributed by atoms with van der Waals surface area (Å²) >= 11 is 0. The number of fused-ring (bicyclic) bond motifs is 3. The molecule has 9 heteroatoms. The van der Waals surface area contributed by atoms with Gasteiger partial charge >= 0.3 is 6.09 Å². The van der Waals surface area contributed by atoms with Crippen LogP contribution in [0.1, 0.15) is 82.8 Å². The fourth-order valence-corrected chi connectivity index (χ4v) is 5.18. The van der Waals surface area contributed by atoms with Gasteiger partial charge in [-0.3, -0.25) is 14.4 Å². The molecular weight excluding hydrogens is 498 g/mol. The molecule has 0 aromatic heterocycles. The summed E-state index contributed by atoms with van der Waals surface area (Å²) in [6.07, 6.45) is 13.6. The van der Waals surface area contributed by atoms with Gasteiger partial charge in [-0.15, -0.1) is 0 Å². The van der Waals surface area contributed by atoms with Gasteiger partial charge in [-0.2, -0.15) is 0 Å². The maximum absolute atomic E-state index is 12.4. The number of carbonyl (C=O) groups is 4. The molecule has 3 heterocycles. The summed E-state index contributed by atoms with van der Waals surface area (Å²) in [5, 5.41) is 18.8. The molecule has 3 amide bonds. The van der Waals surface area contributed by atoms with E-state index in [-0.39, 0.29) is 24.3 Å². The van der Waals surface area contributed by atoms with Crippen molar-refractivity contribution in [2.24, 2.45) is 5.92 Å². The lowest BCUT2D eigenvalue weighted by molar-refractivity contribution is -0.138. The second kappa shape index (κ2) is 17.3. The molecule has 1 saturated heterocycles. The van der Waals surface area contributed by atoms with E-state index in [2.05, 4.69) is 23.5 Å². The van der Waals surface area contributed by atoms with Gasteiger partial charge < -0.3 is 25.3 Å². The Kier molecular flexibility index (Phi) is 14.1. The number of carboxylic acid groups (broad SMARTS) is 2. The van der Waals surface area contributed by atoms with Crippen LogP contribution in [0.4, 0.5) is 4.79 Å². The molecule has 2 fully saturated rings. The van der Waals surface area contributed by atoms with Crippen molar-refractivity contribution in [3.8, 4) is 0 Å². The van der Waals surface area contributed by atoms with Gasteiger partial charge in [-0.05, 0) is 62.0 Å². The molecule has 216 valence electrons. The highest BCUT2D eigenvalue weighted by Crippen LogP contribution is 2.33. The van der Waals surface area contributed by atoms with Gasteiger partial charge in [-0.1, -0.05) is 63.1 Å². The first-order valence-corrected chi connectivity index (χ1v) is 14.3. The maximum atomic E-state index is 12.4. The topological polar surface area (TPSA) is 127 Å². The van der Waals surface area contributed by atoms with Crippen LogP contribution < -0.4 is 5.32 Å². The molecule has 3 N–H and O–H groups in total. The maximum Gasteiger partial charge on any atom is 0.407 e. The van der Waals surface area contributed by atoms with Crippen molar-refractivity contribution in [3.05, 3.63) is 47.5 Å². The molecule has 39 heavy (non-hydrogen) atoms. The number of allylic oxidation sites excluding steroid dienone is 1. The van der Waals surface area contributed by atoms with E-state index < -0.39 is 6.09 Å². The Balaban J connectivity index is 0.000000253. The lowest BCUT2D eigenvalue weighted by atomic mass is 10.0. The first kappa shape index (κ1) is 31.9. The predicted octanol–water partition coefficient (Wildman–Crippen LogP) is 4.84. The molecule has 3 aliphatic heterocycles. The highest BCUT2D eigenvalue weighted by atomic mass is 16.4. The summed E-state index contributed by atoms with van der Waals surface area (Å²) in [4.78, 5) is 47.0. The summed E-state index contributed by atoms with van der Waals surface area (Å²) in [5.74, 6) is 0.759. The number of benzene rings is 1. The molecule has 1 aromatic carbocycles. The van der Waals surface area contributed by atoms with Crippen molar-refractivity contribution in [2.45, 2.75) is 96.7 Å². The summed E-state index contributed by atoms with van der Waals surface area (Å²) in [5.41, 5.74) is 2.41. The Labute approximate surface area is 232 Å². The van der Waals surface area contributed by atoms with E-state index in [1.165, 1.54) is 23.3 Å². The second-order valence-electron chi connectivity index (χ2n) is 9.97. The van der Waals surface area contributed by atoms with Crippen molar-refractivity contribution in [1.82, 2.24) is 15.1 Å². The van der Waals surface area contributed by atoms with Crippen molar-refractivity contribution >= 4 is 24.4 Å². The second-order valence-corrected chi connectivity index (χ2v) is 9.97. The number of nitrogens with zero attached hydrogens (tertiary/aromatic N) is 2. The zero-order chi connectivity index (χ0) is 28.6. The molecule has 1 aromatic rings. The summed E-state index contributed by atoms with van der Waals surface area (Å²) in [6.45, 7) is 5.66. The number of hydrogen-bond acceptors (Lipinski definition) is 4. The van der Waals surface area contributed by atoms with Gasteiger partial charge in [0, 0.05) is 32.1 Å². The number of carbonyl (C=O) groups excluding carboxylic acids is 2. The number of nitrogens with one attached hydrogen (secondary N) is 1. The van der Waals surface area contributed by atoms with E-state index in [1.807, 2.05) is 36.9 Å². The normalized spacial score (nSPS) is 24.9. The fourth-order valence-electron chi connectivity index (χ4n) is 5.18. The molecule has 4 aliphatic rings. The van der Waals surface area contributed by atoms with Crippen molar-refractivity contribution < 1.29 is 29.4 Å². The van der Waals surface area contributed by atoms with Crippen LogP contribution in [0.5, 0.6) is 0 Å². The molecule has 0 bridgehead atoms. The molecular formula is C30H45N3O6. The fraction of sp³-hybridized carbons (Fsp3) is 0.600. The van der Waals surface area contributed by atoms with Crippen molar-refractivity contribution in [3.63, 3.8) is 0 Å². The minimum Gasteiger partial charge on any atom is -0.483 e. The highest BCUT2D eigenvalue weighted by Gasteiger charge is 2.40. The third-order valence-electron chi connectivity index (χ3n) is 7.34. The van der Waals surface area contributed by atoms with Gasteiger partial charge in [0.25, 0.3) is 6.47 Å². The standard InChI is InChI=1S/C17H26N2O2.C10H11NO2.C2H6.CH2O2/c20-16-10-6-4-2-1-3-5-8-13-12-14(13)18-17(21)15-9-7-11-19(15)16;12-10(13)11-6-5-8-3-1-2-4-9(8)7-11;1-2;2-1-3/h5,8,13-15H,1-4,6-7,9-12H2,(H,18,21);1-4H,5-7H2,(H,12,13);1-2H3;1H,(H,2,3)/b8-5-;;;. The highest BCUT2D eigenvalue weighted by molar-refractivity contribution is 5.88. The average molecular weight is 544 g/mol. The van der Waals surface area contributed by atoms with Crippen LogP contribution in [0.3, 0.4) is 0 Å². The van der Waals surface area contributed by atoms with Crippen LogP contribution in [0.2, 0.25) is 0 Å². The molecule has 0 spiro atoms. The molecule has 0 radical (unpaired) electrons. The molecule has 5 rings (SSSR count). The first-order valence-electron chi connectivity index (χ1n) is 14.3. The SMILES string of the molecule is CC.O=C(O)N1CCc2ccccc2C1.O=C1NC2CC2/C=C\CCCCCCC(=O)N2CCCC12.O=CO. The lowest BCUT2D eigenvalue weighted by Gasteiger charge is -2.26. The zero-order valence-electron chi connectivity index (χ0n) is 23.4. The Morgan fingerprint density at radius 2 is 1.69 bits per heavy atom. The van der Waals surface area contributed by atoms with E-state index in [1.54, 1.807) is 0 Å². The van der Waals surface area contributed by atoms with Crippen molar-refractivity contribution in [1.29, 1.82) is 0 Å². The monoisotopic (exact) mass is 543 g/mol. The first-order chi connectivity index (χ1) is 18.9. The molecule has 9 nitrogen and oxygen atoms in total. The average Bonchev–Trinajstić information content (AvgIpc) is 3.47. The Hall–Kier alpha value is -3.36. The molecule has 3 unspecified atom stereocenters. The quantitative estimate of drug-likeness (QED) is 0.317. The van der Waals surface area contributed by atoms with Gasteiger partial charge in [0.05, 0.1) is 0 Å². The molecule has 3 atom stereocenters. The number of amides is 3. The smallest absolute Gasteiger partial charge is 0.407 e. The molecule has 1 aliphatic carbocycles. The Morgan fingerprint density at radius 1 is 1.00 bits per heavy atom. The summed E-state index contributed by atoms with van der Waals surface area (Å²) < 4.78 is 0. The van der Waals surface area contributed by atoms with Gasteiger partial charge in [0.2, 0.25) is 11.8 Å². The van der Waals surface area contributed by atoms with Crippen molar-refractivity contribution in [2.75, 3.05) is 13.1 Å². The number of hydrogen-bond donors (Lipinski definition) is 3. The molecule has 1 saturated carbocycles. The third kappa shape index (κ3) is 10.4. The minimum atomic E-state index is -0.825. The van der Waals surface area contributed by atoms with Gasteiger partial charge in [0.1, 0.15) is 6.04 Å². The summed E-state index contributed by atoms with van der Waals surface area (Å²) in [7, 11) is 0. The van der Waals surface area contributed by atoms with Crippen LogP contribution in [-0.4, -0.2) is 69.6 Å². The zero-order valence-corrected chi connectivity index (χ0v) is 23.4. The van der Waals surface area contributed by atoms with Gasteiger partial charge in [-0.25, -0.2) is 4.79 Å². The Bertz CT molecular complexity index is 966. The van der Waals surface area contributed by atoms with E-state index in [0.29, 0.717) is 31.5 Å². The van der Waals surface area contributed by atoms with Gasteiger partial charge in [0.15, 0.2) is 0 Å². The van der Waals surface area contributed by atoms with Crippen LogP contribution in [0.15, 0.2) is 36.4 Å². The van der Waals surface area contributed by atoms with E-state index >= 15 is 0 Å². The van der Waals surface area contributed by atoms with Crippen LogP contribution >= 0.6 is 0 Å². The largest absolute Gasteiger partial charge is 0.483 e. The number of rotatable bonds is 0. The van der Waals surface area contributed by atoms with E-state index in [9.17, 15) is 14.4 Å². The van der Waals surface area contributed by atoms with Crippen LogP contribution in [0.25, 0.3) is 0 Å².